The summed E-state index contributed by atoms with van der Waals surface area (Å²) in [5, 5.41) is 5.83. The number of rotatable bonds is 7. The number of nitrogens with one attached hydrogen (secondary N) is 2. The van der Waals surface area contributed by atoms with Gasteiger partial charge in [0.2, 0.25) is 5.91 Å². The molecule has 0 aromatic heterocycles. The fraction of sp³-hybridized carbons (Fsp3) is 0.391. The Hall–Kier alpha value is -3.02. The van der Waals surface area contributed by atoms with Gasteiger partial charge in [-0.2, -0.15) is 0 Å². The standard InChI is InChI=1S/C23H30N2O4/c1-13(2)20(23(27)25-21-15(4)8-14(3)9-16(21)5)24-22(26)17-10-18(28-6)12-19(11-17)29-7/h8-13,20H,1-7H3,(H,24,26)(H,25,27). The lowest BCUT2D eigenvalue weighted by atomic mass is 10.0. The molecule has 0 spiro atoms. The molecule has 0 bridgehead atoms. The second kappa shape index (κ2) is 9.45. The third-order valence-electron chi connectivity index (χ3n) is 4.77. The summed E-state index contributed by atoms with van der Waals surface area (Å²) in [6, 6.07) is 8.26. The van der Waals surface area contributed by atoms with E-state index in [0.717, 1.165) is 22.4 Å². The Kier molecular flexibility index (Phi) is 7.26. The molecule has 6 nitrogen and oxygen atoms in total. The van der Waals surface area contributed by atoms with E-state index in [-0.39, 0.29) is 17.7 Å². The van der Waals surface area contributed by atoms with Crippen LogP contribution < -0.4 is 20.1 Å². The lowest BCUT2D eigenvalue weighted by molar-refractivity contribution is -0.118. The van der Waals surface area contributed by atoms with Crippen molar-refractivity contribution >= 4 is 17.5 Å². The minimum absolute atomic E-state index is 0.0995. The first-order valence-corrected chi connectivity index (χ1v) is 9.59. The first kappa shape index (κ1) is 22.3. The maximum absolute atomic E-state index is 13.0. The normalized spacial score (nSPS) is 11.7. The van der Waals surface area contributed by atoms with Crippen molar-refractivity contribution in [2.45, 2.75) is 40.7 Å². The van der Waals surface area contributed by atoms with Gasteiger partial charge >= 0.3 is 0 Å². The van der Waals surface area contributed by atoms with E-state index < -0.39 is 6.04 Å². The first-order chi connectivity index (χ1) is 13.7. The summed E-state index contributed by atoms with van der Waals surface area (Å²) in [6.07, 6.45) is 0. The van der Waals surface area contributed by atoms with Crippen molar-refractivity contribution in [3.8, 4) is 11.5 Å². The largest absolute Gasteiger partial charge is 0.497 e. The topological polar surface area (TPSA) is 76.7 Å². The smallest absolute Gasteiger partial charge is 0.252 e. The van der Waals surface area contributed by atoms with Crippen molar-refractivity contribution < 1.29 is 19.1 Å². The molecular formula is C23H30N2O4. The Morgan fingerprint density at radius 1 is 0.862 bits per heavy atom. The molecule has 29 heavy (non-hydrogen) atoms. The molecule has 0 saturated carbocycles. The van der Waals surface area contributed by atoms with E-state index in [1.165, 1.54) is 14.2 Å². The molecule has 156 valence electrons. The van der Waals surface area contributed by atoms with E-state index in [4.69, 9.17) is 9.47 Å². The summed E-state index contributed by atoms with van der Waals surface area (Å²) in [4.78, 5) is 25.8. The second-order valence-electron chi connectivity index (χ2n) is 7.56. The van der Waals surface area contributed by atoms with E-state index in [0.29, 0.717) is 17.1 Å². The first-order valence-electron chi connectivity index (χ1n) is 9.59. The van der Waals surface area contributed by atoms with Crippen molar-refractivity contribution in [1.29, 1.82) is 0 Å². The average molecular weight is 399 g/mol. The van der Waals surface area contributed by atoms with Crippen LogP contribution in [-0.4, -0.2) is 32.1 Å². The number of ether oxygens (including phenoxy) is 2. The highest BCUT2D eigenvalue weighted by molar-refractivity contribution is 6.02. The number of carbonyl (C=O) groups excluding carboxylic acids is 2. The number of aryl methyl sites for hydroxylation is 3. The summed E-state index contributed by atoms with van der Waals surface area (Å²) in [7, 11) is 3.04. The van der Waals surface area contributed by atoms with Crippen molar-refractivity contribution in [2.75, 3.05) is 19.5 Å². The molecule has 0 radical (unpaired) electrons. The average Bonchev–Trinajstić information content (AvgIpc) is 2.67. The minimum Gasteiger partial charge on any atom is -0.497 e. The fourth-order valence-electron chi connectivity index (χ4n) is 3.28. The zero-order chi connectivity index (χ0) is 21.7. The van der Waals surface area contributed by atoms with Gasteiger partial charge in [0.15, 0.2) is 0 Å². The van der Waals surface area contributed by atoms with Crippen LogP contribution in [-0.2, 0) is 4.79 Å². The van der Waals surface area contributed by atoms with E-state index in [9.17, 15) is 9.59 Å². The SMILES string of the molecule is COc1cc(OC)cc(C(=O)NC(C(=O)Nc2c(C)cc(C)cc2C)C(C)C)c1. The van der Waals surface area contributed by atoms with Crippen molar-refractivity contribution in [3.63, 3.8) is 0 Å². The summed E-state index contributed by atoms with van der Waals surface area (Å²) < 4.78 is 10.4. The van der Waals surface area contributed by atoms with Gasteiger partial charge in [-0.05, 0) is 49.9 Å². The quantitative estimate of drug-likeness (QED) is 0.738. The van der Waals surface area contributed by atoms with Gasteiger partial charge in [-0.25, -0.2) is 0 Å². The van der Waals surface area contributed by atoms with Gasteiger partial charge in [-0.15, -0.1) is 0 Å². The van der Waals surface area contributed by atoms with Crippen LogP contribution in [0.25, 0.3) is 0 Å². The minimum atomic E-state index is -0.695. The Bertz CT molecular complexity index is 860. The molecule has 0 fully saturated rings. The monoisotopic (exact) mass is 398 g/mol. The van der Waals surface area contributed by atoms with Gasteiger partial charge in [0.05, 0.1) is 14.2 Å². The zero-order valence-electron chi connectivity index (χ0n) is 18.2. The molecule has 2 aromatic carbocycles. The van der Waals surface area contributed by atoms with Gasteiger partial charge in [-0.3, -0.25) is 9.59 Å². The lowest BCUT2D eigenvalue weighted by Crippen LogP contribution is -2.47. The number of hydrogen-bond donors (Lipinski definition) is 2. The highest BCUT2D eigenvalue weighted by Gasteiger charge is 2.26. The highest BCUT2D eigenvalue weighted by atomic mass is 16.5. The number of hydrogen-bond acceptors (Lipinski definition) is 4. The lowest BCUT2D eigenvalue weighted by Gasteiger charge is -2.23. The zero-order valence-corrected chi connectivity index (χ0v) is 18.2. The third kappa shape index (κ3) is 5.50. The summed E-state index contributed by atoms with van der Waals surface area (Å²) in [5.74, 6) is 0.293. The van der Waals surface area contributed by atoms with Crippen molar-refractivity contribution in [2.24, 2.45) is 5.92 Å². The van der Waals surface area contributed by atoms with Crippen LogP contribution >= 0.6 is 0 Å². The van der Waals surface area contributed by atoms with E-state index in [2.05, 4.69) is 10.6 Å². The molecule has 0 aliphatic rings. The Morgan fingerprint density at radius 3 is 1.83 bits per heavy atom. The number of anilines is 1. The molecule has 2 N–H and O–H groups in total. The predicted octanol–water partition coefficient (Wildman–Crippen LogP) is 4.02. The van der Waals surface area contributed by atoms with Crippen LogP contribution in [0, 0.1) is 26.7 Å². The Balaban J connectivity index is 2.24. The summed E-state index contributed by atoms with van der Waals surface area (Å²) >= 11 is 0. The van der Waals surface area contributed by atoms with Gasteiger partial charge in [-0.1, -0.05) is 31.5 Å². The van der Waals surface area contributed by atoms with Gasteiger partial charge in [0.25, 0.3) is 5.91 Å². The molecule has 0 aliphatic heterocycles. The summed E-state index contributed by atoms with van der Waals surface area (Å²) in [6.45, 7) is 9.73. The third-order valence-corrected chi connectivity index (χ3v) is 4.77. The van der Waals surface area contributed by atoms with E-state index in [1.807, 2.05) is 46.8 Å². The maximum Gasteiger partial charge on any atom is 0.252 e. The molecule has 6 heteroatoms. The molecule has 0 saturated heterocycles. The molecule has 1 atom stereocenters. The molecule has 2 amide bonds. The van der Waals surface area contributed by atoms with Gasteiger partial charge in [0.1, 0.15) is 17.5 Å². The van der Waals surface area contributed by atoms with Crippen LogP contribution in [0.5, 0.6) is 11.5 Å². The molecular weight excluding hydrogens is 368 g/mol. The van der Waals surface area contributed by atoms with Gasteiger partial charge < -0.3 is 20.1 Å². The summed E-state index contributed by atoms with van der Waals surface area (Å²) in [5.41, 5.74) is 4.26. The number of benzene rings is 2. The molecule has 0 aliphatic carbocycles. The maximum atomic E-state index is 13.0. The van der Waals surface area contributed by atoms with Crippen LogP contribution in [0.15, 0.2) is 30.3 Å². The van der Waals surface area contributed by atoms with Crippen LogP contribution in [0.2, 0.25) is 0 Å². The number of carbonyl (C=O) groups is 2. The molecule has 0 heterocycles. The predicted molar refractivity (Wildman–Crippen MR) is 115 cm³/mol. The van der Waals surface area contributed by atoms with Crippen LogP contribution in [0.1, 0.15) is 40.9 Å². The molecule has 1 unspecified atom stereocenters. The molecule has 2 aromatic rings. The fourth-order valence-corrected chi connectivity index (χ4v) is 3.28. The highest BCUT2D eigenvalue weighted by Crippen LogP contribution is 2.24. The van der Waals surface area contributed by atoms with E-state index >= 15 is 0 Å². The van der Waals surface area contributed by atoms with Crippen LogP contribution in [0.4, 0.5) is 5.69 Å². The number of methoxy groups -OCH3 is 2. The van der Waals surface area contributed by atoms with Gasteiger partial charge in [0, 0.05) is 17.3 Å². The van der Waals surface area contributed by atoms with Crippen LogP contribution in [0.3, 0.4) is 0 Å². The van der Waals surface area contributed by atoms with Crippen molar-refractivity contribution in [3.05, 3.63) is 52.6 Å². The Morgan fingerprint density at radius 2 is 1.38 bits per heavy atom. The second-order valence-corrected chi connectivity index (χ2v) is 7.56. The Labute approximate surface area is 172 Å². The van der Waals surface area contributed by atoms with Crippen molar-refractivity contribution in [1.82, 2.24) is 5.32 Å². The van der Waals surface area contributed by atoms with E-state index in [1.54, 1.807) is 18.2 Å². The molecule has 2 rings (SSSR count). The number of amides is 2.